The van der Waals surface area contributed by atoms with Crippen LogP contribution >= 0.6 is 0 Å². The Morgan fingerprint density at radius 2 is 0.512 bits per heavy atom. The number of rotatable bonds is 12. The van der Waals surface area contributed by atoms with Gasteiger partial charge in [-0.05, 0) is 0 Å². The van der Waals surface area contributed by atoms with Gasteiger partial charge in [-0.3, -0.25) is 9.80 Å². The van der Waals surface area contributed by atoms with Crippen LogP contribution in [-0.4, -0.2) is 194 Å². The summed E-state index contributed by atoms with van der Waals surface area (Å²) in [5.74, 6) is 0. The Balaban J connectivity index is 1.44. The molecule has 0 aliphatic carbocycles. The van der Waals surface area contributed by atoms with Crippen LogP contribution in [0.3, 0.4) is 0 Å². The zero-order chi connectivity index (χ0) is 28.7. The standard InChI is InChI=1S/C28H56N2O11/c1(29-3-9-33-15-21-38-25-26-39-22-16-34-10-4-29)7-31-13-19-37-20-14-32-8-2-30-5-11-35-17-23-40-27-28-41-24-18-36-12-6-30/h1-28H2. The predicted octanol–water partition coefficient (Wildman–Crippen LogP) is -0.200. The van der Waals surface area contributed by atoms with Gasteiger partial charge in [-0.1, -0.05) is 0 Å². The Bertz CT molecular complexity index is 463. The van der Waals surface area contributed by atoms with Gasteiger partial charge in [0, 0.05) is 39.3 Å². The number of hydrogen-bond acceptors (Lipinski definition) is 13. The molecule has 0 aromatic carbocycles. The minimum absolute atomic E-state index is 0.545. The molecule has 0 aromatic heterocycles. The summed E-state index contributed by atoms with van der Waals surface area (Å²) in [4.78, 5) is 4.58. The highest BCUT2D eigenvalue weighted by atomic mass is 16.6. The van der Waals surface area contributed by atoms with E-state index in [0.29, 0.717) is 145 Å². The van der Waals surface area contributed by atoms with Crippen LogP contribution in [0.15, 0.2) is 0 Å². The van der Waals surface area contributed by atoms with Gasteiger partial charge in [0.05, 0.1) is 145 Å². The maximum atomic E-state index is 5.77. The van der Waals surface area contributed by atoms with Crippen LogP contribution in [0.1, 0.15) is 0 Å². The average molecular weight is 597 g/mol. The summed E-state index contributed by atoms with van der Waals surface area (Å²) in [6.45, 7) is 18.1. The van der Waals surface area contributed by atoms with Gasteiger partial charge in [-0.25, -0.2) is 0 Å². The van der Waals surface area contributed by atoms with Crippen molar-refractivity contribution in [3.63, 3.8) is 0 Å². The Morgan fingerprint density at radius 1 is 0.293 bits per heavy atom. The highest BCUT2D eigenvalue weighted by molar-refractivity contribution is 4.59. The second-order valence-corrected chi connectivity index (χ2v) is 9.42. The number of hydrogen-bond donors (Lipinski definition) is 0. The molecule has 0 N–H and O–H groups in total. The van der Waals surface area contributed by atoms with E-state index in [0.717, 1.165) is 39.3 Å². The first-order chi connectivity index (χ1) is 20.4. The fourth-order valence-electron chi connectivity index (χ4n) is 3.90. The van der Waals surface area contributed by atoms with Gasteiger partial charge in [-0.15, -0.1) is 0 Å². The molecule has 2 fully saturated rings. The lowest BCUT2D eigenvalue weighted by molar-refractivity contribution is -0.000793. The summed E-state index contributed by atoms with van der Waals surface area (Å²) >= 11 is 0. The quantitative estimate of drug-likeness (QED) is 0.278. The fourth-order valence-corrected chi connectivity index (χ4v) is 3.90. The summed E-state index contributed by atoms with van der Waals surface area (Å²) in [6.07, 6.45) is 0. The minimum atomic E-state index is 0.545. The molecule has 2 aliphatic rings. The van der Waals surface area contributed by atoms with E-state index >= 15 is 0 Å². The lowest BCUT2D eigenvalue weighted by atomic mass is 10.4. The summed E-state index contributed by atoms with van der Waals surface area (Å²) in [7, 11) is 0. The van der Waals surface area contributed by atoms with Crippen molar-refractivity contribution in [3.8, 4) is 0 Å². The van der Waals surface area contributed by atoms with Crippen LogP contribution in [0.2, 0.25) is 0 Å². The normalized spacial score (nSPS) is 22.2. The van der Waals surface area contributed by atoms with Crippen LogP contribution in [-0.2, 0) is 52.1 Å². The molecule has 0 amide bonds. The molecule has 2 rings (SSSR count). The van der Waals surface area contributed by atoms with Crippen LogP contribution in [0.25, 0.3) is 0 Å². The molecule has 2 aliphatic heterocycles. The molecular weight excluding hydrogens is 540 g/mol. The minimum Gasteiger partial charge on any atom is -0.378 e. The van der Waals surface area contributed by atoms with Crippen molar-refractivity contribution in [2.45, 2.75) is 0 Å². The second-order valence-electron chi connectivity index (χ2n) is 9.42. The second kappa shape index (κ2) is 29.5. The van der Waals surface area contributed by atoms with E-state index in [1.165, 1.54) is 0 Å². The molecule has 13 heteroatoms. The van der Waals surface area contributed by atoms with Crippen molar-refractivity contribution in [1.29, 1.82) is 0 Å². The van der Waals surface area contributed by atoms with Crippen molar-refractivity contribution in [1.82, 2.24) is 9.80 Å². The van der Waals surface area contributed by atoms with Crippen molar-refractivity contribution in [2.24, 2.45) is 0 Å². The monoisotopic (exact) mass is 596 g/mol. The van der Waals surface area contributed by atoms with Gasteiger partial charge in [0.2, 0.25) is 0 Å². The molecule has 0 aromatic rings. The van der Waals surface area contributed by atoms with Crippen LogP contribution < -0.4 is 0 Å². The summed E-state index contributed by atoms with van der Waals surface area (Å²) in [5, 5.41) is 0. The molecule has 2 saturated heterocycles. The van der Waals surface area contributed by atoms with E-state index in [2.05, 4.69) is 9.80 Å². The molecule has 0 saturated carbocycles. The Labute approximate surface area is 246 Å². The lowest BCUT2D eigenvalue weighted by Crippen LogP contribution is -2.34. The predicted molar refractivity (Wildman–Crippen MR) is 152 cm³/mol. The fraction of sp³-hybridized carbons (Fsp3) is 1.00. The van der Waals surface area contributed by atoms with E-state index in [-0.39, 0.29) is 0 Å². The first kappa shape index (κ1) is 36.7. The highest BCUT2D eigenvalue weighted by Gasteiger charge is 2.08. The molecule has 41 heavy (non-hydrogen) atoms. The Morgan fingerprint density at radius 3 is 0.780 bits per heavy atom. The van der Waals surface area contributed by atoms with Gasteiger partial charge in [-0.2, -0.15) is 0 Å². The molecular formula is C28H56N2O11. The van der Waals surface area contributed by atoms with Crippen LogP contribution in [0, 0.1) is 0 Å². The summed E-state index contributed by atoms with van der Waals surface area (Å²) < 4.78 is 61.8. The largest absolute Gasteiger partial charge is 0.378 e. The molecule has 2 heterocycles. The maximum absolute atomic E-state index is 5.77. The highest BCUT2D eigenvalue weighted by Crippen LogP contribution is 1.95. The van der Waals surface area contributed by atoms with E-state index in [1.54, 1.807) is 0 Å². The third kappa shape index (κ3) is 24.6. The van der Waals surface area contributed by atoms with Gasteiger partial charge >= 0.3 is 0 Å². The molecule has 244 valence electrons. The number of nitrogens with zero attached hydrogens (tertiary/aromatic N) is 2. The van der Waals surface area contributed by atoms with Gasteiger partial charge < -0.3 is 52.1 Å². The number of ether oxygens (including phenoxy) is 11. The first-order valence-corrected chi connectivity index (χ1v) is 15.2. The zero-order valence-electron chi connectivity index (χ0n) is 25.2. The van der Waals surface area contributed by atoms with Crippen molar-refractivity contribution in [2.75, 3.05) is 185 Å². The van der Waals surface area contributed by atoms with E-state index in [9.17, 15) is 0 Å². The van der Waals surface area contributed by atoms with Crippen molar-refractivity contribution < 1.29 is 52.1 Å². The third-order valence-electron chi connectivity index (χ3n) is 6.29. The summed E-state index contributed by atoms with van der Waals surface area (Å²) in [6, 6.07) is 0. The molecule has 0 unspecified atom stereocenters. The van der Waals surface area contributed by atoms with Crippen LogP contribution in [0.5, 0.6) is 0 Å². The SMILES string of the molecule is C1COCCOCCN(CCOCCOCCOCCN2CCOCCOCCOCCOCC2)CCOCCO1. The summed E-state index contributed by atoms with van der Waals surface area (Å²) in [5.41, 5.74) is 0. The van der Waals surface area contributed by atoms with E-state index in [4.69, 9.17) is 52.1 Å². The lowest BCUT2D eigenvalue weighted by Gasteiger charge is -2.22. The van der Waals surface area contributed by atoms with Crippen molar-refractivity contribution in [3.05, 3.63) is 0 Å². The molecule has 0 bridgehead atoms. The molecule has 0 spiro atoms. The van der Waals surface area contributed by atoms with Crippen molar-refractivity contribution >= 4 is 0 Å². The Kier molecular flexibility index (Phi) is 26.4. The molecule has 13 nitrogen and oxygen atoms in total. The van der Waals surface area contributed by atoms with Gasteiger partial charge in [0.25, 0.3) is 0 Å². The van der Waals surface area contributed by atoms with Gasteiger partial charge in [0.1, 0.15) is 0 Å². The average Bonchev–Trinajstić information content (AvgIpc) is 3.00. The van der Waals surface area contributed by atoms with Gasteiger partial charge in [0.15, 0.2) is 0 Å². The van der Waals surface area contributed by atoms with Crippen LogP contribution in [0.4, 0.5) is 0 Å². The molecule has 0 radical (unpaired) electrons. The Hall–Kier alpha value is -0.520. The molecule has 0 atom stereocenters. The third-order valence-corrected chi connectivity index (χ3v) is 6.29. The topological polar surface area (TPSA) is 108 Å². The van der Waals surface area contributed by atoms with E-state index in [1.807, 2.05) is 0 Å². The maximum Gasteiger partial charge on any atom is 0.0701 e. The smallest absolute Gasteiger partial charge is 0.0701 e. The first-order valence-electron chi connectivity index (χ1n) is 15.2. The van der Waals surface area contributed by atoms with E-state index < -0.39 is 0 Å². The zero-order valence-corrected chi connectivity index (χ0v) is 25.2.